The Kier molecular flexibility index (Phi) is 8.96. The molecule has 0 unspecified atom stereocenters. The standard InChI is InChI=1S/C15H19ClNO3S.C11H15NO2/c1-10(18)20-13-9-17(6-4-11(13)5-7-17)8-12(19)14-2-3-15(16)21-14;1-11(2,3)14-10(13)12-9-7-5-4-6-8-9/h2-3,11,13H,4-9H2,1H3;4-8H,1-3H3,(H,12,13)/q+1;/t11?,13-,17?;/m0./s1. The predicted molar refractivity (Wildman–Crippen MR) is 138 cm³/mol. The van der Waals surface area contributed by atoms with E-state index in [1.165, 1.54) is 18.3 Å². The molecule has 2 aromatic rings. The Labute approximate surface area is 215 Å². The van der Waals surface area contributed by atoms with Crippen molar-refractivity contribution in [2.45, 2.75) is 52.2 Å². The van der Waals surface area contributed by atoms with Gasteiger partial charge in [-0.25, -0.2) is 4.79 Å². The van der Waals surface area contributed by atoms with E-state index in [2.05, 4.69) is 5.32 Å². The molecule has 190 valence electrons. The van der Waals surface area contributed by atoms with Gasteiger partial charge in [-0.15, -0.1) is 11.3 Å². The number of Topliss-reactive ketones (excluding diaryl/α,β-unsaturated/α-hetero) is 1. The Morgan fingerprint density at radius 2 is 1.74 bits per heavy atom. The van der Waals surface area contributed by atoms with Crippen LogP contribution in [-0.4, -0.2) is 60.2 Å². The van der Waals surface area contributed by atoms with Crippen molar-refractivity contribution >= 4 is 46.5 Å². The van der Waals surface area contributed by atoms with Crippen LogP contribution in [0.3, 0.4) is 0 Å². The number of ketones is 1. The Morgan fingerprint density at radius 1 is 1.09 bits per heavy atom. The van der Waals surface area contributed by atoms with Gasteiger partial charge in [0.1, 0.15) is 18.7 Å². The second kappa shape index (κ2) is 11.5. The van der Waals surface area contributed by atoms with Gasteiger partial charge in [0.05, 0.1) is 22.3 Å². The third-order valence-electron chi connectivity index (χ3n) is 6.10. The largest absolute Gasteiger partial charge is 0.456 e. The number of halogens is 1. The van der Waals surface area contributed by atoms with Crippen molar-refractivity contribution in [3.63, 3.8) is 0 Å². The third kappa shape index (κ3) is 8.33. The van der Waals surface area contributed by atoms with Crippen molar-refractivity contribution in [3.05, 3.63) is 51.7 Å². The van der Waals surface area contributed by atoms with Crippen molar-refractivity contribution in [2.24, 2.45) is 5.92 Å². The lowest BCUT2D eigenvalue weighted by atomic mass is 9.83. The maximum absolute atomic E-state index is 12.5. The molecular weight excluding hydrogens is 488 g/mol. The Morgan fingerprint density at radius 3 is 2.29 bits per heavy atom. The minimum atomic E-state index is -0.459. The molecule has 0 radical (unpaired) electrons. The van der Waals surface area contributed by atoms with Crippen LogP contribution in [0.2, 0.25) is 4.34 Å². The van der Waals surface area contributed by atoms with Crippen LogP contribution in [0.5, 0.6) is 0 Å². The lowest BCUT2D eigenvalue weighted by Crippen LogP contribution is -2.65. The summed E-state index contributed by atoms with van der Waals surface area (Å²) < 4.78 is 11.9. The van der Waals surface area contributed by atoms with Gasteiger partial charge < -0.3 is 14.0 Å². The van der Waals surface area contributed by atoms with Crippen molar-refractivity contribution < 1.29 is 28.3 Å². The summed E-state index contributed by atoms with van der Waals surface area (Å²) in [5.74, 6) is 0.400. The molecule has 35 heavy (non-hydrogen) atoms. The number of nitrogens with zero attached hydrogens (tertiary/aromatic N) is 1. The van der Waals surface area contributed by atoms with E-state index in [4.69, 9.17) is 21.1 Å². The minimum Gasteiger partial charge on any atom is -0.456 e. The number of hydrogen-bond donors (Lipinski definition) is 1. The molecule has 1 N–H and O–H groups in total. The van der Waals surface area contributed by atoms with Gasteiger partial charge in [-0.05, 0) is 45.0 Å². The van der Waals surface area contributed by atoms with Crippen LogP contribution in [-0.2, 0) is 14.3 Å². The zero-order chi connectivity index (χ0) is 25.6. The first-order valence-electron chi connectivity index (χ1n) is 11.8. The fourth-order valence-corrected chi connectivity index (χ4v) is 5.55. The highest BCUT2D eigenvalue weighted by Gasteiger charge is 2.48. The highest BCUT2D eigenvalue weighted by molar-refractivity contribution is 7.18. The lowest BCUT2D eigenvalue weighted by molar-refractivity contribution is -0.938. The predicted octanol–water partition coefficient (Wildman–Crippen LogP) is 5.79. The van der Waals surface area contributed by atoms with E-state index in [1.54, 1.807) is 12.1 Å². The number of benzene rings is 1. The molecule has 9 heteroatoms. The maximum Gasteiger partial charge on any atom is 0.412 e. The number of rotatable bonds is 5. The van der Waals surface area contributed by atoms with Crippen molar-refractivity contribution in [3.8, 4) is 0 Å². The number of carbonyl (C=O) groups is 3. The number of quaternary nitrogens is 1. The monoisotopic (exact) mass is 521 g/mol. The molecule has 0 aliphatic carbocycles. The van der Waals surface area contributed by atoms with Crippen molar-refractivity contribution in [1.29, 1.82) is 0 Å². The average molecular weight is 522 g/mol. The van der Waals surface area contributed by atoms with Gasteiger partial charge in [-0.3, -0.25) is 14.9 Å². The smallest absolute Gasteiger partial charge is 0.412 e. The van der Waals surface area contributed by atoms with Gasteiger partial charge in [0.15, 0.2) is 6.10 Å². The quantitative estimate of drug-likeness (QED) is 0.306. The average Bonchev–Trinajstić information content (AvgIpc) is 3.20. The number of ether oxygens (including phenoxy) is 2. The van der Waals surface area contributed by atoms with Crippen LogP contribution in [0.15, 0.2) is 42.5 Å². The molecule has 0 spiro atoms. The van der Waals surface area contributed by atoms with Crippen LogP contribution >= 0.6 is 22.9 Å². The first kappa shape index (κ1) is 27.2. The fraction of sp³-hybridized carbons (Fsp3) is 0.500. The molecular formula is C26H34ClN2O5S+. The molecule has 5 rings (SSSR count). The molecule has 4 heterocycles. The molecule has 3 saturated heterocycles. The zero-order valence-corrected chi connectivity index (χ0v) is 22.3. The van der Waals surface area contributed by atoms with Crippen molar-refractivity contribution in [2.75, 3.05) is 31.5 Å². The highest BCUT2D eigenvalue weighted by Crippen LogP contribution is 2.36. The molecule has 3 aliphatic heterocycles. The first-order valence-corrected chi connectivity index (χ1v) is 13.0. The topological polar surface area (TPSA) is 81.7 Å². The van der Waals surface area contributed by atoms with E-state index >= 15 is 0 Å². The zero-order valence-electron chi connectivity index (χ0n) is 20.7. The molecule has 1 amide bonds. The van der Waals surface area contributed by atoms with Gasteiger partial charge in [-0.1, -0.05) is 29.8 Å². The summed E-state index contributed by atoms with van der Waals surface area (Å²) in [6.45, 7) is 10.2. The van der Waals surface area contributed by atoms with Gasteiger partial charge in [0.25, 0.3) is 0 Å². The number of anilines is 1. The van der Waals surface area contributed by atoms with Crippen LogP contribution in [0, 0.1) is 5.92 Å². The van der Waals surface area contributed by atoms with Crippen LogP contribution in [0.25, 0.3) is 0 Å². The number of fused-ring (bicyclic) bond motifs is 3. The number of hydrogen-bond acceptors (Lipinski definition) is 6. The molecule has 2 bridgehead atoms. The molecule has 1 aromatic carbocycles. The van der Waals surface area contributed by atoms with E-state index in [0.29, 0.717) is 16.8 Å². The number of carbonyl (C=O) groups excluding carboxylic acids is 3. The van der Waals surface area contributed by atoms with Crippen LogP contribution < -0.4 is 5.32 Å². The summed E-state index contributed by atoms with van der Waals surface area (Å²) in [5, 5.41) is 2.64. The second-order valence-corrected chi connectivity index (χ2v) is 11.8. The number of piperidine rings is 3. The Balaban J connectivity index is 0.000000214. The second-order valence-electron chi connectivity index (χ2n) is 10.1. The van der Waals surface area contributed by atoms with E-state index in [1.807, 2.05) is 51.1 Å². The Hall–Kier alpha value is -2.42. The van der Waals surface area contributed by atoms with Gasteiger partial charge >= 0.3 is 12.1 Å². The maximum atomic E-state index is 12.5. The van der Waals surface area contributed by atoms with E-state index < -0.39 is 11.7 Å². The van der Waals surface area contributed by atoms with Crippen molar-refractivity contribution in [1.82, 2.24) is 0 Å². The Bertz CT molecular complexity index is 1030. The van der Waals surface area contributed by atoms with Crippen LogP contribution in [0.1, 0.15) is 50.2 Å². The first-order chi connectivity index (χ1) is 16.4. The molecule has 0 saturated carbocycles. The molecule has 1 aromatic heterocycles. The number of nitrogens with one attached hydrogen (secondary N) is 1. The number of thiophene rings is 1. The number of amides is 1. The summed E-state index contributed by atoms with van der Waals surface area (Å²) in [7, 11) is 0. The SMILES string of the molecule is CC(=O)O[C@H]1C[N+]2(CC(=O)c3ccc(Cl)s3)CCC1CC2.CC(C)(C)OC(=O)Nc1ccccc1. The summed E-state index contributed by atoms with van der Waals surface area (Å²) in [4.78, 5) is 35.7. The lowest BCUT2D eigenvalue weighted by Gasteiger charge is -2.51. The summed E-state index contributed by atoms with van der Waals surface area (Å²) in [5.41, 5.74) is 0.278. The van der Waals surface area contributed by atoms with Gasteiger partial charge in [0.2, 0.25) is 5.78 Å². The number of esters is 1. The minimum absolute atomic E-state index is 0.0234. The van der Waals surface area contributed by atoms with Crippen LogP contribution in [0.4, 0.5) is 10.5 Å². The third-order valence-corrected chi connectivity index (χ3v) is 7.38. The molecule has 3 fully saturated rings. The van der Waals surface area contributed by atoms with E-state index in [0.717, 1.165) is 47.5 Å². The summed E-state index contributed by atoms with van der Waals surface area (Å²) in [6.07, 6.45) is 1.63. The van der Waals surface area contributed by atoms with Gasteiger partial charge in [0, 0.05) is 31.4 Å². The molecule has 7 nitrogen and oxygen atoms in total. The highest BCUT2D eigenvalue weighted by atomic mass is 35.5. The van der Waals surface area contributed by atoms with E-state index in [-0.39, 0.29) is 17.9 Å². The normalized spacial score (nSPS) is 23.0. The summed E-state index contributed by atoms with van der Waals surface area (Å²) in [6, 6.07) is 12.8. The molecule has 3 aliphatic rings. The number of para-hydroxylation sites is 1. The molecule has 1 atom stereocenters. The summed E-state index contributed by atoms with van der Waals surface area (Å²) >= 11 is 7.25. The van der Waals surface area contributed by atoms with Gasteiger partial charge in [-0.2, -0.15) is 0 Å². The van der Waals surface area contributed by atoms with E-state index in [9.17, 15) is 14.4 Å². The fourth-order valence-electron chi connectivity index (χ4n) is 4.58.